The van der Waals surface area contributed by atoms with Crippen molar-refractivity contribution in [3.63, 3.8) is 0 Å². The van der Waals surface area contributed by atoms with Gasteiger partial charge in [0.1, 0.15) is 0 Å². The largest absolute Gasteiger partial charge is 0.286 e. The van der Waals surface area contributed by atoms with Gasteiger partial charge < -0.3 is 0 Å². The van der Waals surface area contributed by atoms with Crippen molar-refractivity contribution in [1.82, 2.24) is 4.98 Å². The van der Waals surface area contributed by atoms with Crippen LogP contribution in [-0.2, 0) is 9.73 Å². The molecule has 1 amide bonds. The Morgan fingerprint density at radius 3 is 2.46 bits per heavy atom. The molecule has 1 atom stereocenters. The summed E-state index contributed by atoms with van der Waals surface area (Å²) in [5.74, 6) is 5.44. The Morgan fingerprint density at radius 1 is 1.04 bits per heavy atom. The SMILES string of the molecule is Cc1ccc(S(C)(=O)=NC(=O)c2cncc(C#Cc3cccc(Br)c3)c2)cc1. The Hall–Kier alpha value is -2.75. The average molecular weight is 453 g/mol. The third kappa shape index (κ3) is 5.16. The van der Waals surface area contributed by atoms with Crippen molar-refractivity contribution in [2.45, 2.75) is 11.8 Å². The summed E-state index contributed by atoms with van der Waals surface area (Å²) in [5.41, 5.74) is 2.72. The van der Waals surface area contributed by atoms with E-state index in [9.17, 15) is 9.00 Å². The normalized spacial score (nSPS) is 12.4. The minimum Gasteiger partial charge on any atom is -0.266 e. The van der Waals surface area contributed by atoms with E-state index >= 15 is 0 Å². The highest BCUT2D eigenvalue weighted by atomic mass is 79.9. The molecular formula is C22H17BrN2O2S. The zero-order chi connectivity index (χ0) is 20.1. The molecule has 2 aromatic carbocycles. The molecule has 140 valence electrons. The monoisotopic (exact) mass is 452 g/mol. The number of carbonyl (C=O) groups is 1. The molecule has 0 saturated carbocycles. The highest BCUT2D eigenvalue weighted by Crippen LogP contribution is 2.15. The summed E-state index contributed by atoms with van der Waals surface area (Å²) in [7, 11) is -2.84. The number of aromatic nitrogens is 1. The maximum absolute atomic E-state index is 12.9. The molecule has 1 aromatic heterocycles. The van der Waals surface area contributed by atoms with Crippen LogP contribution in [-0.4, -0.2) is 21.4 Å². The van der Waals surface area contributed by atoms with Crippen LogP contribution in [0.4, 0.5) is 0 Å². The van der Waals surface area contributed by atoms with Gasteiger partial charge in [0.25, 0.3) is 5.91 Å². The lowest BCUT2D eigenvalue weighted by Gasteiger charge is -2.04. The molecule has 28 heavy (non-hydrogen) atoms. The molecule has 0 aliphatic rings. The Morgan fingerprint density at radius 2 is 1.75 bits per heavy atom. The highest BCUT2D eigenvalue weighted by Gasteiger charge is 2.12. The van der Waals surface area contributed by atoms with Crippen LogP contribution in [0.1, 0.15) is 27.0 Å². The first-order chi connectivity index (χ1) is 13.3. The van der Waals surface area contributed by atoms with Crippen LogP contribution in [0.5, 0.6) is 0 Å². The number of carbonyl (C=O) groups excluding carboxylic acids is 1. The number of rotatable bonds is 2. The second-order valence-electron chi connectivity index (χ2n) is 6.23. The molecule has 0 radical (unpaired) electrons. The van der Waals surface area contributed by atoms with E-state index in [0.29, 0.717) is 10.5 Å². The smallest absolute Gasteiger partial charge is 0.266 e. The van der Waals surface area contributed by atoms with Crippen molar-refractivity contribution in [2.75, 3.05) is 6.26 Å². The third-order valence-corrected chi connectivity index (χ3v) is 6.03. The molecule has 1 heterocycles. The summed E-state index contributed by atoms with van der Waals surface area (Å²) in [6, 6.07) is 16.4. The summed E-state index contributed by atoms with van der Waals surface area (Å²) in [6.45, 7) is 1.94. The zero-order valence-corrected chi connectivity index (χ0v) is 17.8. The number of nitrogens with zero attached hydrogens (tertiary/aromatic N) is 2. The van der Waals surface area contributed by atoms with E-state index in [1.807, 2.05) is 43.3 Å². The summed E-state index contributed by atoms with van der Waals surface area (Å²) >= 11 is 3.41. The van der Waals surface area contributed by atoms with Crippen LogP contribution in [0, 0.1) is 18.8 Å². The lowest BCUT2D eigenvalue weighted by molar-refractivity contribution is 0.100. The van der Waals surface area contributed by atoms with E-state index in [-0.39, 0.29) is 5.56 Å². The van der Waals surface area contributed by atoms with E-state index in [1.165, 1.54) is 12.5 Å². The standard InChI is InChI=1S/C22H17BrN2O2S/c1-16-6-10-21(11-7-16)28(2,27)25-22(26)19-12-18(14-24-15-19)9-8-17-4-3-5-20(23)13-17/h3-7,10-15H,1-2H3. The van der Waals surface area contributed by atoms with Crippen molar-refractivity contribution in [3.05, 3.63) is 93.7 Å². The molecule has 0 fully saturated rings. The van der Waals surface area contributed by atoms with Gasteiger partial charge >= 0.3 is 0 Å². The van der Waals surface area contributed by atoms with Crippen molar-refractivity contribution in [2.24, 2.45) is 4.36 Å². The van der Waals surface area contributed by atoms with Crippen molar-refractivity contribution < 1.29 is 9.00 Å². The Balaban J connectivity index is 1.88. The minimum absolute atomic E-state index is 0.253. The van der Waals surface area contributed by atoms with Crippen molar-refractivity contribution in [1.29, 1.82) is 0 Å². The molecular weight excluding hydrogens is 436 g/mol. The summed E-state index contributed by atoms with van der Waals surface area (Å²) in [5, 5.41) is 0. The zero-order valence-electron chi connectivity index (χ0n) is 15.3. The van der Waals surface area contributed by atoms with Crippen molar-refractivity contribution >= 4 is 31.6 Å². The number of amides is 1. The second kappa shape index (κ2) is 8.51. The topological polar surface area (TPSA) is 59.4 Å². The number of hydrogen-bond donors (Lipinski definition) is 0. The minimum atomic E-state index is -2.84. The van der Waals surface area contributed by atoms with Crippen LogP contribution < -0.4 is 0 Å². The van der Waals surface area contributed by atoms with Crippen LogP contribution >= 0.6 is 15.9 Å². The summed E-state index contributed by atoms with van der Waals surface area (Å²) in [4.78, 5) is 17.1. The van der Waals surface area contributed by atoms with Gasteiger partial charge in [0.2, 0.25) is 0 Å². The van der Waals surface area contributed by atoms with E-state index in [2.05, 4.69) is 37.1 Å². The first kappa shape index (κ1) is 20.0. The predicted octanol–water partition coefficient (Wildman–Crippen LogP) is 4.85. The lowest BCUT2D eigenvalue weighted by Crippen LogP contribution is -2.04. The highest BCUT2D eigenvalue weighted by molar-refractivity contribution is 9.10. The van der Waals surface area contributed by atoms with Gasteiger partial charge in [-0.2, -0.15) is 4.36 Å². The maximum Gasteiger partial charge on any atom is 0.286 e. The summed E-state index contributed by atoms with van der Waals surface area (Å²) < 4.78 is 17.8. The predicted molar refractivity (Wildman–Crippen MR) is 115 cm³/mol. The molecule has 4 nitrogen and oxygen atoms in total. The fraction of sp³-hybridized carbons (Fsp3) is 0.0909. The fourth-order valence-electron chi connectivity index (χ4n) is 2.39. The molecule has 0 aliphatic heterocycles. The Bertz CT molecular complexity index is 1220. The Kier molecular flexibility index (Phi) is 6.08. The van der Waals surface area contributed by atoms with Gasteiger partial charge in [-0.25, -0.2) is 4.21 Å². The van der Waals surface area contributed by atoms with Gasteiger partial charge in [-0.05, 0) is 43.3 Å². The molecule has 0 spiro atoms. The van der Waals surface area contributed by atoms with Crippen LogP contribution in [0.15, 0.2) is 80.7 Å². The van der Waals surface area contributed by atoms with Crippen LogP contribution in [0.25, 0.3) is 0 Å². The molecule has 0 N–H and O–H groups in total. The molecule has 3 rings (SSSR count). The second-order valence-corrected chi connectivity index (χ2v) is 9.41. The van der Waals surface area contributed by atoms with E-state index in [0.717, 1.165) is 15.6 Å². The van der Waals surface area contributed by atoms with Crippen molar-refractivity contribution in [3.8, 4) is 11.8 Å². The molecule has 0 saturated heterocycles. The molecule has 6 heteroatoms. The van der Waals surface area contributed by atoms with Crippen LogP contribution in [0.2, 0.25) is 0 Å². The quantitative estimate of drug-likeness (QED) is 0.522. The number of halogens is 1. The first-order valence-electron chi connectivity index (χ1n) is 8.39. The lowest BCUT2D eigenvalue weighted by atomic mass is 10.2. The van der Waals surface area contributed by atoms with Gasteiger partial charge in [-0.1, -0.05) is 51.5 Å². The number of aryl methyl sites for hydroxylation is 1. The average Bonchev–Trinajstić information content (AvgIpc) is 2.67. The number of benzene rings is 2. The van der Waals surface area contributed by atoms with Crippen LogP contribution in [0.3, 0.4) is 0 Å². The molecule has 0 bridgehead atoms. The molecule has 3 aromatic rings. The van der Waals surface area contributed by atoms with Gasteiger partial charge in [-0.15, -0.1) is 0 Å². The van der Waals surface area contributed by atoms with Gasteiger partial charge in [0.15, 0.2) is 0 Å². The fourth-order valence-corrected chi connectivity index (χ4v) is 3.96. The first-order valence-corrected chi connectivity index (χ1v) is 11.1. The van der Waals surface area contributed by atoms with Gasteiger partial charge in [0.05, 0.1) is 15.3 Å². The van der Waals surface area contributed by atoms with E-state index in [1.54, 1.807) is 24.4 Å². The number of hydrogen-bond acceptors (Lipinski definition) is 3. The number of pyridine rings is 1. The van der Waals surface area contributed by atoms with E-state index in [4.69, 9.17) is 0 Å². The van der Waals surface area contributed by atoms with E-state index < -0.39 is 15.6 Å². The maximum atomic E-state index is 12.9. The van der Waals surface area contributed by atoms with Gasteiger partial charge in [0, 0.05) is 39.1 Å². The van der Waals surface area contributed by atoms with Gasteiger partial charge in [-0.3, -0.25) is 9.78 Å². The Labute approximate surface area is 173 Å². The summed E-state index contributed by atoms with van der Waals surface area (Å²) in [6.07, 6.45) is 4.44. The third-order valence-electron chi connectivity index (χ3n) is 3.88. The molecule has 1 unspecified atom stereocenters. The molecule has 0 aliphatic carbocycles.